The molecule has 1 aromatic carbocycles. The van der Waals surface area contributed by atoms with Crippen LogP contribution in [0.25, 0.3) is 0 Å². The van der Waals surface area contributed by atoms with Crippen molar-refractivity contribution in [2.75, 3.05) is 19.0 Å². The predicted molar refractivity (Wildman–Crippen MR) is 80.4 cm³/mol. The van der Waals surface area contributed by atoms with Crippen molar-refractivity contribution < 1.29 is 22.7 Å². The summed E-state index contributed by atoms with van der Waals surface area (Å²) in [4.78, 5) is 11.7. The van der Waals surface area contributed by atoms with Crippen LogP contribution in [0.2, 0.25) is 0 Å². The molecule has 8 heteroatoms. The quantitative estimate of drug-likeness (QED) is 0.835. The highest BCUT2D eigenvalue weighted by molar-refractivity contribution is 8.13. The average Bonchev–Trinajstić information content (AvgIpc) is 2.34. The van der Waals surface area contributed by atoms with Crippen LogP contribution >= 0.6 is 10.7 Å². The number of carbonyl (C=O) groups excluding carboxylic acids is 1. The second-order valence-electron chi connectivity index (χ2n) is 5.25. The number of ether oxygens (including phenoxy) is 2. The lowest BCUT2D eigenvalue weighted by atomic mass is 10.2. The minimum absolute atomic E-state index is 0.128. The smallest absolute Gasteiger partial charge is 0.261 e. The summed E-state index contributed by atoms with van der Waals surface area (Å²) < 4.78 is 33.0. The van der Waals surface area contributed by atoms with Crippen molar-refractivity contribution in [1.29, 1.82) is 0 Å². The molecular weight excluding hydrogens is 318 g/mol. The first-order valence-electron chi connectivity index (χ1n) is 6.09. The summed E-state index contributed by atoms with van der Waals surface area (Å²) in [5.74, 6) is -0.101. The molecule has 0 unspecified atom stereocenters. The van der Waals surface area contributed by atoms with E-state index in [2.05, 4.69) is 5.32 Å². The monoisotopic (exact) mass is 335 g/mol. The van der Waals surface area contributed by atoms with Crippen LogP contribution < -0.4 is 10.1 Å². The van der Waals surface area contributed by atoms with Crippen molar-refractivity contribution in [2.24, 2.45) is 0 Å². The van der Waals surface area contributed by atoms with Gasteiger partial charge in [-0.25, -0.2) is 8.42 Å². The molecule has 118 valence electrons. The number of hydrogen-bond acceptors (Lipinski definition) is 5. The zero-order valence-electron chi connectivity index (χ0n) is 12.3. The van der Waals surface area contributed by atoms with Gasteiger partial charge in [0, 0.05) is 10.7 Å². The third kappa shape index (κ3) is 5.91. The summed E-state index contributed by atoms with van der Waals surface area (Å²) >= 11 is 0. The van der Waals surface area contributed by atoms with Crippen molar-refractivity contribution in [3.63, 3.8) is 0 Å². The average molecular weight is 336 g/mol. The van der Waals surface area contributed by atoms with Crippen LogP contribution in [0.3, 0.4) is 0 Å². The number of methoxy groups -OCH3 is 1. The SMILES string of the molecule is COc1ccc(S(=O)(=O)Cl)cc1NC(=O)COC(C)(C)C. The van der Waals surface area contributed by atoms with Gasteiger partial charge in [0.25, 0.3) is 9.05 Å². The highest BCUT2D eigenvalue weighted by Crippen LogP contribution is 2.28. The maximum absolute atomic E-state index is 11.8. The van der Waals surface area contributed by atoms with E-state index in [0.717, 1.165) is 0 Å². The van der Waals surface area contributed by atoms with Crippen molar-refractivity contribution in [2.45, 2.75) is 31.3 Å². The number of halogens is 1. The lowest BCUT2D eigenvalue weighted by Gasteiger charge is -2.19. The molecular formula is C13H18ClNO5S. The summed E-state index contributed by atoms with van der Waals surface area (Å²) in [5.41, 5.74) is -0.246. The normalized spacial score (nSPS) is 12.0. The van der Waals surface area contributed by atoms with Crippen LogP contribution in [-0.4, -0.2) is 33.6 Å². The second kappa shape index (κ2) is 6.64. The molecule has 1 rings (SSSR count). The Morgan fingerprint density at radius 2 is 1.95 bits per heavy atom. The number of amides is 1. The topological polar surface area (TPSA) is 81.7 Å². The minimum atomic E-state index is -3.89. The molecule has 0 bridgehead atoms. The lowest BCUT2D eigenvalue weighted by Crippen LogP contribution is -2.27. The zero-order chi connectivity index (χ0) is 16.3. The van der Waals surface area contributed by atoms with Crippen LogP contribution in [0.1, 0.15) is 20.8 Å². The predicted octanol–water partition coefficient (Wildman–Crippen LogP) is 2.38. The molecule has 0 spiro atoms. The summed E-state index contributed by atoms with van der Waals surface area (Å²) in [5, 5.41) is 2.53. The Kier molecular flexibility index (Phi) is 5.61. The van der Waals surface area contributed by atoms with E-state index in [1.165, 1.54) is 25.3 Å². The molecule has 0 aliphatic rings. The Balaban J connectivity index is 2.93. The first-order chi connectivity index (χ1) is 9.53. The summed E-state index contributed by atoms with van der Waals surface area (Å²) in [6.45, 7) is 5.30. The van der Waals surface area contributed by atoms with E-state index >= 15 is 0 Å². The van der Waals surface area contributed by atoms with Crippen LogP contribution in [0, 0.1) is 0 Å². The molecule has 0 fully saturated rings. The molecule has 1 N–H and O–H groups in total. The van der Waals surface area contributed by atoms with E-state index in [4.69, 9.17) is 20.2 Å². The van der Waals surface area contributed by atoms with Gasteiger partial charge in [0.05, 0.1) is 23.3 Å². The number of nitrogens with one attached hydrogen (secondary N) is 1. The fourth-order valence-electron chi connectivity index (χ4n) is 1.40. The Labute approximate surface area is 128 Å². The number of anilines is 1. The van der Waals surface area contributed by atoms with Crippen LogP contribution in [-0.2, 0) is 18.6 Å². The maximum atomic E-state index is 11.8. The summed E-state index contributed by atoms with van der Waals surface area (Å²) in [6, 6.07) is 3.94. The minimum Gasteiger partial charge on any atom is -0.495 e. The first kappa shape index (κ1) is 17.7. The summed E-state index contributed by atoms with van der Waals surface area (Å²) in [6.07, 6.45) is 0. The molecule has 0 saturated heterocycles. The van der Waals surface area contributed by atoms with Crippen molar-refractivity contribution in [1.82, 2.24) is 0 Å². The fraction of sp³-hybridized carbons (Fsp3) is 0.462. The number of benzene rings is 1. The van der Waals surface area contributed by atoms with Crippen LogP contribution in [0.5, 0.6) is 5.75 Å². The molecule has 0 aliphatic carbocycles. The maximum Gasteiger partial charge on any atom is 0.261 e. The van der Waals surface area contributed by atoms with Gasteiger partial charge in [-0.3, -0.25) is 4.79 Å². The summed E-state index contributed by atoms with van der Waals surface area (Å²) in [7, 11) is 2.80. The van der Waals surface area contributed by atoms with Crippen molar-refractivity contribution in [3.8, 4) is 5.75 Å². The number of rotatable bonds is 5. The molecule has 0 radical (unpaired) electrons. The highest BCUT2D eigenvalue weighted by Gasteiger charge is 2.17. The van der Waals surface area contributed by atoms with Gasteiger partial charge < -0.3 is 14.8 Å². The Hall–Kier alpha value is -1.31. The van der Waals surface area contributed by atoms with Gasteiger partial charge in [0.15, 0.2) is 0 Å². The molecule has 0 atom stereocenters. The first-order valence-corrected chi connectivity index (χ1v) is 8.40. The number of carbonyl (C=O) groups is 1. The van der Waals surface area contributed by atoms with Gasteiger partial charge in [-0.05, 0) is 39.0 Å². The van der Waals surface area contributed by atoms with Gasteiger partial charge in [0.2, 0.25) is 5.91 Å². The Bertz CT molecular complexity index is 622. The van der Waals surface area contributed by atoms with Gasteiger partial charge in [-0.1, -0.05) is 0 Å². The van der Waals surface area contributed by atoms with Gasteiger partial charge in [0.1, 0.15) is 12.4 Å². The third-order valence-electron chi connectivity index (χ3n) is 2.36. The standard InChI is InChI=1S/C13H18ClNO5S/c1-13(2,3)20-8-12(16)15-10-7-9(21(14,17)18)5-6-11(10)19-4/h5-7H,8H2,1-4H3,(H,15,16). The van der Waals surface area contributed by atoms with Gasteiger partial charge in [-0.15, -0.1) is 0 Å². The third-order valence-corrected chi connectivity index (χ3v) is 3.71. The second-order valence-corrected chi connectivity index (χ2v) is 7.82. The highest BCUT2D eigenvalue weighted by atomic mass is 35.7. The van der Waals surface area contributed by atoms with E-state index in [1.807, 2.05) is 20.8 Å². The van der Waals surface area contributed by atoms with Crippen molar-refractivity contribution >= 4 is 31.3 Å². The van der Waals surface area contributed by atoms with Crippen molar-refractivity contribution in [3.05, 3.63) is 18.2 Å². The Morgan fingerprint density at radius 3 is 2.43 bits per heavy atom. The van der Waals surface area contributed by atoms with E-state index in [-0.39, 0.29) is 17.2 Å². The lowest BCUT2D eigenvalue weighted by molar-refractivity contribution is -0.125. The molecule has 1 amide bonds. The van der Waals surface area contributed by atoms with E-state index in [0.29, 0.717) is 5.75 Å². The molecule has 0 saturated carbocycles. The Morgan fingerprint density at radius 1 is 1.33 bits per heavy atom. The molecule has 6 nitrogen and oxygen atoms in total. The zero-order valence-corrected chi connectivity index (χ0v) is 13.8. The van der Waals surface area contributed by atoms with Gasteiger partial charge >= 0.3 is 0 Å². The fourth-order valence-corrected chi connectivity index (χ4v) is 2.18. The molecule has 21 heavy (non-hydrogen) atoms. The van der Waals surface area contributed by atoms with E-state index in [1.54, 1.807) is 0 Å². The molecule has 0 aromatic heterocycles. The molecule has 1 aromatic rings. The van der Waals surface area contributed by atoms with E-state index < -0.39 is 20.6 Å². The molecule has 0 aliphatic heterocycles. The van der Waals surface area contributed by atoms with Gasteiger partial charge in [-0.2, -0.15) is 0 Å². The van der Waals surface area contributed by atoms with Crippen LogP contribution in [0.4, 0.5) is 5.69 Å². The van der Waals surface area contributed by atoms with Crippen LogP contribution in [0.15, 0.2) is 23.1 Å². The largest absolute Gasteiger partial charge is 0.495 e. The molecule has 0 heterocycles. The number of hydrogen-bond donors (Lipinski definition) is 1. The van der Waals surface area contributed by atoms with E-state index in [9.17, 15) is 13.2 Å².